The molecular weight excluding hydrogens is 233 g/mol. The summed E-state index contributed by atoms with van der Waals surface area (Å²) in [4.78, 5) is 5.40. The number of aromatic amines is 1. The van der Waals surface area contributed by atoms with Crippen molar-refractivity contribution in [2.24, 2.45) is 5.11 Å². The number of azide groups is 1. The second-order valence-electron chi connectivity index (χ2n) is 3.46. The van der Waals surface area contributed by atoms with Gasteiger partial charge in [0.2, 0.25) is 0 Å². The fourth-order valence-electron chi connectivity index (χ4n) is 1.59. The lowest BCUT2D eigenvalue weighted by Crippen LogP contribution is -2.04. The molecule has 0 aliphatic carbocycles. The molecule has 0 spiro atoms. The van der Waals surface area contributed by atoms with Crippen LogP contribution in [0.3, 0.4) is 0 Å². The van der Waals surface area contributed by atoms with Crippen LogP contribution in [0.15, 0.2) is 29.5 Å². The Morgan fingerprint density at radius 1 is 1.35 bits per heavy atom. The molecule has 0 saturated carbocycles. The summed E-state index contributed by atoms with van der Waals surface area (Å²) in [6.07, 6.45) is -2.83. The average Bonchev–Trinajstić information content (AvgIpc) is 2.67. The lowest BCUT2D eigenvalue weighted by molar-refractivity contribution is -0.137. The van der Waals surface area contributed by atoms with Crippen LogP contribution in [0.1, 0.15) is 11.1 Å². The lowest BCUT2D eigenvalue weighted by atomic mass is 10.1. The van der Waals surface area contributed by atoms with E-state index >= 15 is 0 Å². The fourth-order valence-corrected chi connectivity index (χ4v) is 1.59. The van der Waals surface area contributed by atoms with E-state index in [2.05, 4.69) is 15.0 Å². The molecule has 0 aliphatic heterocycles. The van der Waals surface area contributed by atoms with Crippen molar-refractivity contribution in [1.82, 2.24) is 4.98 Å². The summed E-state index contributed by atoms with van der Waals surface area (Å²) in [5.74, 6) is 0. The summed E-state index contributed by atoms with van der Waals surface area (Å²) in [7, 11) is 0. The molecule has 0 bridgehead atoms. The minimum absolute atomic E-state index is 0.0256. The Labute approximate surface area is 93.7 Å². The number of benzene rings is 1. The second-order valence-corrected chi connectivity index (χ2v) is 3.46. The summed E-state index contributed by atoms with van der Waals surface area (Å²) >= 11 is 0. The number of nitrogens with one attached hydrogen (secondary N) is 1. The SMILES string of the molecule is [N-]=[N+]=NCc1c[nH]c2ccc(C(F)(F)F)cc12. The predicted molar refractivity (Wildman–Crippen MR) is 56.2 cm³/mol. The number of fused-ring (bicyclic) bond motifs is 1. The number of alkyl halides is 3. The van der Waals surface area contributed by atoms with Crippen LogP contribution >= 0.6 is 0 Å². The molecule has 0 amide bonds. The van der Waals surface area contributed by atoms with Crippen LogP contribution in [-0.2, 0) is 12.7 Å². The first-order valence-corrected chi connectivity index (χ1v) is 4.70. The van der Waals surface area contributed by atoms with E-state index in [1.165, 1.54) is 6.07 Å². The van der Waals surface area contributed by atoms with Crippen LogP contribution in [0, 0.1) is 0 Å². The van der Waals surface area contributed by atoms with E-state index in [9.17, 15) is 13.2 Å². The number of hydrogen-bond acceptors (Lipinski definition) is 1. The van der Waals surface area contributed by atoms with Gasteiger partial charge in [0.15, 0.2) is 0 Å². The van der Waals surface area contributed by atoms with Crippen molar-refractivity contribution in [1.29, 1.82) is 0 Å². The second kappa shape index (κ2) is 4.03. The normalized spacial score (nSPS) is 11.5. The first-order chi connectivity index (χ1) is 8.02. The average molecular weight is 240 g/mol. The monoisotopic (exact) mass is 240 g/mol. The maximum Gasteiger partial charge on any atom is 0.416 e. The van der Waals surface area contributed by atoms with Crippen LogP contribution < -0.4 is 0 Å². The highest BCUT2D eigenvalue weighted by atomic mass is 19.4. The van der Waals surface area contributed by atoms with Crippen LogP contribution in [-0.4, -0.2) is 4.98 Å². The van der Waals surface area contributed by atoms with Crippen molar-refractivity contribution in [3.63, 3.8) is 0 Å². The van der Waals surface area contributed by atoms with E-state index in [0.717, 1.165) is 12.1 Å². The first kappa shape index (κ1) is 11.3. The Morgan fingerprint density at radius 3 is 2.76 bits per heavy atom. The third-order valence-corrected chi connectivity index (χ3v) is 2.40. The molecule has 0 atom stereocenters. The zero-order chi connectivity index (χ0) is 12.5. The molecular formula is C10H7F3N4. The summed E-state index contributed by atoms with van der Waals surface area (Å²) in [5.41, 5.74) is 8.60. The summed E-state index contributed by atoms with van der Waals surface area (Å²) in [6, 6.07) is 3.42. The third kappa shape index (κ3) is 2.19. The number of nitrogens with zero attached hydrogens (tertiary/aromatic N) is 3. The van der Waals surface area contributed by atoms with Gasteiger partial charge in [-0.05, 0) is 29.3 Å². The molecule has 0 aliphatic rings. The van der Waals surface area contributed by atoms with E-state index < -0.39 is 11.7 Å². The molecule has 0 fully saturated rings. The highest BCUT2D eigenvalue weighted by Crippen LogP contribution is 2.32. The predicted octanol–water partition coefficient (Wildman–Crippen LogP) is 4.00. The van der Waals surface area contributed by atoms with Crippen molar-refractivity contribution in [3.8, 4) is 0 Å². The Kier molecular flexibility index (Phi) is 2.69. The Bertz CT molecular complexity index is 593. The molecule has 4 nitrogen and oxygen atoms in total. The largest absolute Gasteiger partial charge is 0.416 e. The summed E-state index contributed by atoms with van der Waals surface area (Å²) < 4.78 is 37.5. The summed E-state index contributed by atoms with van der Waals surface area (Å²) in [5, 5.41) is 3.76. The van der Waals surface area contributed by atoms with Crippen LogP contribution in [0.25, 0.3) is 21.3 Å². The smallest absolute Gasteiger partial charge is 0.361 e. The Morgan fingerprint density at radius 2 is 2.12 bits per heavy atom. The fraction of sp³-hybridized carbons (Fsp3) is 0.200. The van der Waals surface area contributed by atoms with E-state index in [1.807, 2.05) is 0 Å². The molecule has 0 radical (unpaired) electrons. The minimum Gasteiger partial charge on any atom is -0.361 e. The van der Waals surface area contributed by atoms with Gasteiger partial charge in [-0.2, -0.15) is 13.2 Å². The van der Waals surface area contributed by atoms with Gasteiger partial charge in [-0.1, -0.05) is 5.11 Å². The van der Waals surface area contributed by atoms with Crippen LogP contribution in [0.2, 0.25) is 0 Å². The van der Waals surface area contributed by atoms with Crippen molar-refractivity contribution < 1.29 is 13.2 Å². The van der Waals surface area contributed by atoms with E-state index in [-0.39, 0.29) is 6.54 Å². The minimum atomic E-state index is -4.37. The number of aromatic nitrogens is 1. The van der Waals surface area contributed by atoms with Crippen molar-refractivity contribution in [3.05, 3.63) is 46.0 Å². The number of rotatable bonds is 2. The third-order valence-electron chi connectivity index (χ3n) is 2.40. The van der Waals surface area contributed by atoms with Gasteiger partial charge in [0.25, 0.3) is 0 Å². The van der Waals surface area contributed by atoms with Gasteiger partial charge in [-0.15, -0.1) is 0 Å². The van der Waals surface area contributed by atoms with Gasteiger partial charge < -0.3 is 4.98 Å². The number of hydrogen-bond donors (Lipinski definition) is 1. The summed E-state index contributed by atoms with van der Waals surface area (Å²) in [6.45, 7) is 0.0256. The lowest BCUT2D eigenvalue weighted by Gasteiger charge is -2.06. The van der Waals surface area contributed by atoms with Gasteiger partial charge in [0.1, 0.15) is 0 Å². The van der Waals surface area contributed by atoms with E-state index in [0.29, 0.717) is 16.5 Å². The van der Waals surface area contributed by atoms with Gasteiger partial charge in [-0.3, -0.25) is 0 Å². The quantitative estimate of drug-likeness (QED) is 0.468. The molecule has 1 aromatic carbocycles. The van der Waals surface area contributed by atoms with Gasteiger partial charge in [0.05, 0.1) is 12.1 Å². The maximum absolute atomic E-state index is 12.5. The molecule has 0 saturated heterocycles. The zero-order valence-electron chi connectivity index (χ0n) is 8.49. The highest BCUT2D eigenvalue weighted by Gasteiger charge is 2.30. The van der Waals surface area contributed by atoms with E-state index in [1.54, 1.807) is 6.20 Å². The first-order valence-electron chi connectivity index (χ1n) is 4.70. The van der Waals surface area contributed by atoms with Crippen molar-refractivity contribution >= 4 is 10.9 Å². The molecule has 2 aromatic rings. The van der Waals surface area contributed by atoms with Crippen LogP contribution in [0.5, 0.6) is 0 Å². The standard InChI is InChI=1S/C10H7F3N4/c11-10(12,13)7-1-2-9-8(3-7)6(4-15-9)5-16-17-14/h1-4,15H,5H2. The molecule has 2 rings (SSSR count). The topological polar surface area (TPSA) is 64.6 Å². The molecule has 1 heterocycles. The number of H-pyrrole nitrogens is 1. The highest BCUT2D eigenvalue weighted by molar-refractivity contribution is 5.84. The van der Waals surface area contributed by atoms with Gasteiger partial charge in [-0.25, -0.2) is 0 Å². The molecule has 88 valence electrons. The maximum atomic E-state index is 12.5. The zero-order valence-corrected chi connectivity index (χ0v) is 8.49. The molecule has 17 heavy (non-hydrogen) atoms. The number of halogens is 3. The van der Waals surface area contributed by atoms with Crippen molar-refractivity contribution in [2.45, 2.75) is 12.7 Å². The Hall–Kier alpha value is -2.14. The molecule has 0 unspecified atom stereocenters. The molecule has 1 aromatic heterocycles. The van der Waals surface area contributed by atoms with E-state index in [4.69, 9.17) is 5.53 Å². The molecule has 1 N–H and O–H groups in total. The molecule has 7 heteroatoms. The van der Waals surface area contributed by atoms with Gasteiger partial charge >= 0.3 is 6.18 Å². The van der Waals surface area contributed by atoms with Crippen LogP contribution in [0.4, 0.5) is 13.2 Å². The Balaban J connectivity index is 2.54. The van der Waals surface area contributed by atoms with Crippen molar-refractivity contribution in [2.75, 3.05) is 0 Å². The van der Waals surface area contributed by atoms with Gasteiger partial charge in [0, 0.05) is 22.0 Å².